The third-order valence-electron chi connectivity index (χ3n) is 11.5. The van der Waals surface area contributed by atoms with Crippen molar-refractivity contribution in [3.05, 3.63) is 154 Å². The molecule has 2 fully saturated rings. The number of carbonyl (C=O) groups excluding carboxylic acids is 2. The lowest BCUT2D eigenvalue weighted by atomic mass is 9.85. The Hall–Kier alpha value is -6.99. The van der Waals surface area contributed by atoms with Crippen LogP contribution >= 0.6 is 0 Å². The van der Waals surface area contributed by atoms with Crippen LogP contribution in [0.2, 0.25) is 0 Å². The lowest BCUT2D eigenvalue weighted by molar-refractivity contribution is 0.0186. The van der Waals surface area contributed by atoms with E-state index in [4.69, 9.17) is 15.6 Å². The van der Waals surface area contributed by atoms with Crippen LogP contribution in [0.4, 0.5) is 31.1 Å². The summed E-state index contributed by atoms with van der Waals surface area (Å²) in [5.41, 5.74) is 9.11. The summed E-state index contributed by atoms with van der Waals surface area (Å²) in [6.45, 7) is 7.36. The second kappa shape index (κ2) is 21.8. The van der Waals surface area contributed by atoms with E-state index in [-0.39, 0.29) is 35.0 Å². The van der Waals surface area contributed by atoms with Crippen molar-refractivity contribution in [3.63, 3.8) is 0 Å². The van der Waals surface area contributed by atoms with Crippen LogP contribution in [0.15, 0.2) is 97.3 Å². The van der Waals surface area contributed by atoms with Crippen LogP contribution in [-0.4, -0.2) is 91.4 Å². The number of likely N-dealkylation sites (tertiary alicyclic amines) is 1. The number of hydrogen-bond donors (Lipinski definition) is 4. The van der Waals surface area contributed by atoms with Gasteiger partial charge in [-0.2, -0.15) is 10.2 Å². The van der Waals surface area contributed by atoms with Crippen LogP contribution in [0, 0.1) is 34.9 Å². The molecule has 2 aromatic heterocycles. The fourth-order valence-corrected chi connectivity index (χ4v) is 8.05. The van der Waals surface area contributed by atoms with E-state index in [9.17, 15) is 40.7 Å². The van der Waals surface area contributed by atoms with Gasteiger partial charge in [0.25, 0.3) is 5.91 Å². The largest absolute Gasteiger partial charge is 0.478 e. The zero-order valence-corrected chi connectivity index (χ0v) is 38.0. The third kappa shape index (κ3) is 12.5. The molecule has 0 saturated carbocycles. The topological polar surface area (TPSA) is 170 Å². The molecule has 5 N–H and O–H groups in total. The first-order valence-corrected chi connectivity index (χ1v) is 21.6. The molecule has 2 aliphatic rings. The summed E-state index contributed by atoms with van der Waals surface area (Å²) in [5, 5.41) is 22.7. The van der Waals surface area contributed by atoms with Gasteiger partial charge in [-0.1, -0.05) is 24.3 Å². The second-order valence-corrected chi connectivity index (χ2v) is 17.4. The van der Waals surface area contributed by atoms with Crippen molar-refractivity contribution in [3.8, 4) is 22.5 Å². The highest BCUT2D eigenvalue weighted by molar-refractivity contribution is 5.95. The molecule has 6 aromatic rings. The van der Waals surface area contributed by atoms with Gasteiger partial charge in [0.15, 0.2) is 23.3 Å². The van der Waals surface area contributed by atoms with Gasteiger partial charge in [0.2, 0.25) is 0 Å². The number of aromatic carboxylic acids is 1. The number of benzene rings is 4. The summed E-state index contributed by atoms with van der Waals surface area (Å²) in [7, 11) is 3.49. The summed E-state index contributed by atoms with van der Waals surface area (Å²) >= 11 is 0. The van der Waals surface area contributed by atoms with Gasteiger partial charge < -0.3 is 31.1 Å². The number of piperidine rings is 2. The number of carboxylic acids is 1. The molecule has 2 aliphatic heterocycles. The maximum absolute atomic E-state index is 14.7. The van der Waals surface area contributed by atoms with Crippen LogP contribution in [0.25, 0.3) is 22.5 Å². The van der Waals surface area contributed by atoms with E-state index in [1.54, 1.807) is 91.9 Å². The van der Waals surface area contributed by atoms with E-state index in [0.29, 0.717) is 61.3 Å². The number of hydrogen-bond acceptors (Lipinski definition) is 8. The number of halogens is 6. The smallest absolute Gasteiger partial charge is 0.410 e. The lowest BCUT2D eigenvalue weighted by Crippen LogP contribution is -2.50. The average Bonchev–Trinajstić information content (AvgIpc) is 3.92. The van der Waals surface area contributed by atoms with Crippen molar-refractivity contribution < 1.29 is 50.6 Å². The molecule has 2 amide bonds. The highest BCUT2D eigenvalue weighted by Gasteiger charge is 2.33. The van der Waals surface area contributed by atoms with E-state index in [1.807, 2.05) is 0 Å². The normalized spacial score (nSPS) is 18.1. The Morgan fingerprint density at radius 3 is 1.69 bits per heavy atom. The van der Waals surface area contributed by atoms with Crippen LogP contribution in [0.3, 0.4) is 0 Å². The van der Waals surface area contributed by atoms with Crippen LogP contribution < -0.4 is 16.4 Å². The standard InChI is InChI=1S/C22H21F3N4O.C16H22F2N2O2.C11H9FN2O2/c1-29-21(7-9-27-29)14-2-4-16(18(24)11-14)22(30)28-20-12-26-8-6-15(20)13-3-5-17(23)19(25)10-13;1-16(2,3)22-15(21)20-7-6-11(14(19)9-20)10-4-5-12(17)13(18)8-10;1-14-10(4-5-13-14)7-2-3-8(11(15)16)9(12)6-7/h2-5,7,9-11,15,20,26H,6,8,12H2,1H3,(H,28,30);4-5,8,11,14H,6-7,9,19H2,1-3H3;2-6H,1H3,(H,15,16)/t15?,20-;11-,14+;/m01./s1. The number of amides is 2. The number of nitrogens with two attached hydrogens (primary N) is 1. The number of rotatable bonds is 7. The Morgan fingerprint density at radius 1 is 0.706 bits per heavy atom. The molecule has 4 heterocycles. The van der Waals surface area contributed by atoms with Gasteiger partial charge in [0.05, 0.1) is 22.5 Å². The van der Waals surface area contributed by atoms with Gasteiger partial charge in [-0.15, -0.1) is 0 Å². The fourth-order valence-electron chi connectivity index (χ4n) is 8.05. The summed E-state index contributed by atoms with van der Waals surface area (Å²) < 4.78 is 90.0. The molecule has 0 spiro atoms. The zero-order chi connectivity index (χ0) is 49.4. The van der Waals surface area contributed by atoms with Crippen molar-refractivity contribution in [2.45, 2.75) is 63.1 Å². The fraction of sp³-hybridized carbons (Fsp3) is 0.327. The summed E-state index contributed by atoms with van der Waals surface area (Å²) in [6.07, 6.45) is 4.04. The van der Waals surface area contributed by atoms with Crippen molar-refractivity contribution >= 4 is 18.0 Å². The van der Waals surface area contributed by atoms with E-state index in [2.05, 4.69) is 20.8 Å². The number of carbonyl (C=O) groups is 3. The molecule has 0 aliphatic carbocycles. The van der Waals surface area contributed by atoms with Crippen LogP contribution in [0.5, 0.6) is 0 Å². The van der Waals surface area contributed by atoms with Crippen molar-refractivity contribution in [2.75, 3.05) is 26.2 Å². The predicted molar refractivity (Wildman–Crippen MR) is 242 cm³/mol. The van der Waals surface area contributed by atoms with Gasteiger partial charge in [0.1, 0.15) is 17.2 Å². The van der Waals surface area contributed by atoms with Gasteiger partial charge >= 0.3 is 12.1 Å². The molecular weight excluding hydrogens is 895 g/mol. The highest BCUT2D eigenvalue weighted by Crippen LogP contribution is 2.31. The lowest BCUT2D eigenvalue weighted by Gasteiger charge is -2.37. The molecule has 19 heteroatoms. The number of nitrogens with zero attached hydrogens (tertiary/aromatic N) is 5. The average molecular weight is 947 g/mol. The molecule has 2 saturated heterocycles. The minimum absolute atomic E-state index is 0.0736. The van der Waals surface area contributed by atoms with E-state index in [0.717, 1.165) is 29.6 Å². The number of ether oxygens (including phenoxy) is 1. The van der Waals surface area contributed by atoms with E-state index < -0.39 is 58.5 Å². The molecule has 1 unspecified atom stereocenters. The van der Waals surface area contributed by atoms with Gasteiger partial charge in [-0.05, 0) is 112 Å². The first kappa shape index (κ1) is 50.4. The van der Waals surface area contributed by atoms with Crippen LogP contribution in [0.1, 0.15) is 77.3 Å². The maximum atomic E-state index is 14.7. The molecule has 13 nitrogen and oxygen atoms in total. The SMILES string of the molecule is CC(C)(C)OC(=O)N1CC[C@H](c2ccc(F)c(F)c2)[C@@H](N)C1.Cn1nccc1-c1ccc(C(=O)N[C@H]2CNCCC2c2ccc(F)c(F)c2)c(F)c1.Cn1nccc1-c1ccc(C(=O)O)c(F)c1. The minimum atomic E-state index is -1.27. The maximum Gasteiger partial charge on any atom is 0.410 e. The van der Waals surface area contributed by atoms with Crippen molar-refractivity contribution in [1.29, 1.82) is 0 Å². The van der Waals surface area contributed by atoms with E-state index in [1.165, 1.54) is 36.4 Å². The molecule has 360 valence electrons. The van der Waals surface area contributed by atoms with Gasteiger partial charge in [-0.3, -0.25) is 14.2 Å². The first-order valence-electron chi connectivity index (χ1n) is 21.6. The first-order chi connectivity index (χ1) is 32.2. The number of aromatic nitrogens is 4. The number of carboxylic acid groups (broad SMARTS) is 1. The van der Waals surface area contributed by atoms with Crippen molar-refractivity contribution in [2.24, 2.45) is 19.8 Å². The second-order valence-electron chi connectivity index (χ2n) is 17.4. The van der Waals surface area contributed by atoms with E-state index >= 15 is 0 Å². The molecule has 4 atom stereocenters. The highest BCUT2D eigenvalue weighted by atomic mass is 19.2. The Morgan fingerprint density at radius 2 is 1.24 bits per heavy atom. The third-order valence-corrected chi connectivity index (χ3v) is 11.5. The number of aryl methyl sites for hydroxylation is 2. The summed E-state index contributed by atoms with van der Waals surface area (Å²) in [5.74, 6) is -7.10. The Labute approximate surface area is 388 Å². The van der Waals surface area contributed by atoms with Crippen molar-refractivity contribution in [1.82, 2.24) is 35.1 Å². The minimum Gasteiger partial charge on any atom is -0.478 e. The quantitative estimate of drug-likeness (QED) is 0.115. The summed E-state index contributed by atoms with van der Waals surface area (Å²) in [6, 6.07) is 18.8. The molecule has 4 aromatic carbocycles. The number of nitrogens with one attached hydrogen (secondary N) is 2. The molecule has 0 bridgehead atoms. The molecule has 8 rings (SSSR count). The summed E-state index contributed by atoms with van der Waals surface area (Å²) in [4.78, 5) is 37.0. The van der Waals surface area contributed by atoms with Crippen LogP contribution in [-0.2, 0) is 18.8 Å². The Kier molecular flexibility index (Phi) is 16.1. The molecular formula is C49H52F6N8O5. The Bertz CT molecular complexity index is 2760. The van der Waals surface area contributed by atoms with Gasteiger partial charge in [0, 0.05) is 81.2 Å². The molecule has 68 heavy (non-hydrogen) atoms. The van der Waals surface area contributed by atoms with Gasteiger partial charge in [-0.25, -0.2) is 35.9 Å². The molecule has 0 radical (unpaired) electrons. The Balaban J connectivity index is 0.000000177. The predicted octanol–water partition coefficient (Wildman–Crippen LogP) is 8.32. The zero-order valence-electron chi connectivity index (χ0n) is 38.0. The monoisotopic (exact) mass is 946 g/mol.